The van der Waals surface area contributed by atoms with Crippen LogP contribution in [0, 0.1) is 0 Å². The van der Waals surface area contributed by atoms with Crippen molar-refractivity contribution in [2.24, 2.45) is 0 Å². The van der Waals surface area contributed by atoms with E-state index in [1.807, 2.05) is 0 Å². The summed E-state index contributed by atoms with van der Waals surface area (Å²) < 4.78 is 34.6. The largest absolute Gasteiger partial charge is 0.447 e. The first-order valence-electron chi connectivity index (χ1n) is 9.44. The van der Waals surface area contributed by atoms with Crippen LogP contribution >= 0.6 is 11.6 Å². The second kappa shape index (κ2) is 8.85. The number of carbonyl (C=O) groups is 2. The van der Waals surface area contributed by atoms with Crippen molar-refractivity contribution in [3.05, 3.63) is 46.7 Å². The van der Waals surface area contributed by atoms with Crippen LogP contribution in [0.3, 0.4) is 0 Å². The number of sulfonamides is 1. The molecule has 1 aliphatic heterocycles. The lowest BCUT2D eigenvalue weighted by Gasteiger charge is -2.34. The highest BCUT2D eigenvalue weighted by atomic mass is 35.5. The zero-order chi connectivity index (χ0) is 22.9. The molecule has 0 bridgehead atoms. The molecule has 12 heteroatoms. The predicted octanol–water partition coefficient (Wildman–Crippen LogP) is 2.05. The number of amides is 2. The van der Waals surface area contributed by atoms with E-state index in [0.29, 0.717) is 16.3 Å². The number of hydrogen-bond donors (Lipinski definition) is 0. The van der Waals surface area contributed by atoms with Crippen molar-refractivity contribution < 1.29 is 22.7 Å². The molecule has 168 valence electrons. The summed E-state index contributed by atoms with van der Waals surface area (Å²) in [5.74, 6) is 0. The lowest BCUT2D eigenvalue weighted by Crippen LogP contribution is -2.43. The topological polar surface area (TPSA) is 105 Å². The maximum atomic E-state index is 13.4. The van der Waals surface area contributed by atoms with Gasteiger partial charge in [0.2, 0.25) is 10.0 Å². The highest BCUT2D eigenvalue weighted by Crippen LogP contribution is 2.35. The fourth-order valence-corrected chi connectivity index (χ4v) is 5.00. The van der Waals surface area contributed by atoms with Crippen LogP contribution in [0.2, 0.25) is 5.02 Å². The van der Waals surface area contributed by atoms with E-state index in [-0.39, 0.29) is 30.5 Å². The van der Waals surface area contributed by atoms with E-state index in [4.69, 9.17) is 16.3 Å². The summed E-state index contributed by atoms with van der Waals surface area (Å²) in [5.41, 5.74) is 1.11. The van der Waals surface area contributed by atoms with Gasteiger partial charge < -0.3 is 14.5 Å². The normalized spacial score (nSPS) is 16.5. The summed E-state index contributed by atoms with van der Waals surface area (Å²) in [6.45, 7) is -0.132. The second-order valence-corrected chi connectivity index (χ2v) is 9.77. The number of halogens is 1. The lowest BCUT2D eigenvalue weighted by molar-refractivity contribution is 0.0921. The van der Waals surface area contributed by atoms with E-state index < -0.39 is 22.2 Å². The third-order valence-corrected chi connectivity index (χ3v) is 7.06. The summed E-state index contributed by atoms with van der Waals surface area (Å²) in [6.07, 6.45) is 1.13. The summed E-state index contributed by atoms with van der Waals surface area (Å²) in [7, 11) is 2.34. The van der Waals surface area contributed by atoms with Crippen LogP contribution in [0.1, 0.15) is 17.3 Å². The van der Waals surface area contributed by atoms with E-state index in [2.05, 4.69) is 5.10 Å². The number of nitrogens with zero attached hydrogens (tertiary/aromatic N) is 5. The molecule has 1 aliphatic rings. The Kier molecular flexibility index (Phi) is 6.58. The molecule has 1 aromatic heterocycles. The third-order valence-electron chi connectivity index (χ3n) is 4.89. The quantitative estimate of drug-likeness (QED) is 0.678. The molecular formula is C19H24ClN5O5S. The molecule has 10 nitrogen and oxygen atoms in total. The summed E-state index contributed by atoms with van der Waals surface area (Å²) in [5, 5.41) is 4.58. The Balaban J connectivity index is 2.02. The Morgan fingerprint density at radius 2 is 1.81 bits per heavy atom. The third kappa shape index (κ3) is 4.53. The van der Waals surface area contributed by atoms with Crippen molar-refractivity contribution in [2.45, 2.75) is 17.4 Å². The van der Waals surface area contributed by atoms with Gasteiger partial charge >= 0.3 is 12.1 Å². The van der Waals surface area contributed by atoms with E-state index in [1.54, 1.807) is 14.1 Å². The van der Waals surface area contributed by atoms with Gasteiger partial charge in [-0.1, -0.05) is 11.6 Å². The van der Waals surface area contributed by atoms with E-state index in [0.717, 1.165) is 0 Å². The fourth-order valence-electron chi connectivity index (χ4n) is 3.28. The van der Waals surface area contributed by atoms with E-state index in [1.165, 1.54) is 63.3 Å². The van der Waals surface area contributed by atoms with Crippen LogP contribution in [0.15, 0.2) is 35.4 Å². The molecule has 31 heavy (non-hydrogen) atoms. The van der Waals surface area contributed by atoms with Gasteiger partial charge in [-0.15, -0.1) is 0 Å². The molecule has 3 rings (SSSR count). The van der Waals surface area contributed by atoms with Gasteiger partial charge in [0.25, 0.3) is 0 Å². The number of carbonyl (C=O) groups excluding carboxylic acids is 2. The zero-order valence-electron chi connectivity index (χ0n) is 17.6. The first-order chi connectivity index (χ1) is 14.5. The van der Waals surface area contributed by atoms with Gasteiger partial charge in [0.15, 0.2) is 0 Å². The molecule has 0 spiro atoms. The molecule has 2 heterocycles. The van der Waals surface area contributed by atoms with Crippen molar-refractivity contribution in [1.82, 2.24) is 23.9 Å². The first-order valence-corrected chi connectivity index (χ1v) is 11.3. The van der Waals surface area contributed by atoms with Crippen LogP contribution in [0.25, 0.3) is 0 Å². The number of fused-ring (bicyclic) bond motifs is 1. The SMILES string of the molecule is CN(C)C(=O)OC[C@@H]1c2cnn(C(=O)N(C)C)c2CCN1S(=O)(=O)c1ccc(Cl)cc1. The maximum absolute atomic E-state index is 13.4. The predicted molar refractivity (Wildman–Crippen MR) is 114 cm³/mol. The molecule has 0 N–H and O–H groups in total. The first kappa shape index (κ1) is 23.0. The molecule has 0 saturated carbocycles. The van der Waals surface area contributed by atoms with Crippen LogP contribution in [0.4, 0.5) is 9.59 Å². The lowest BCUT2D eigenvalue weighted by atomic mass is 10.0. The average Bonchev–Trinajstić information content (AvgIpc) is 3.15. The van der Waals surface area contributed by atoms with Crippen molar-refractivity contribution in [1.29, 1.82) is 0 Å². The number of aromatic nitrogens is 2. The highest BCUT2D eigenvalue weighted by Gasteiger charge is 2.40. The maximum Gasteiger partial charge on any atom is 0.409 e. The van der Waals surface area contributed by atoms with Crippen molar-refractivity contribution in [3.8, 4) is 0 Å². The standard InChI is InChI=1S/C19H24ClN5O5S/c1-22(2)18(26)25-16-9-10-24(31(28,29)14-7-5-13(20)6-8-14)17(15(16)11-21-25)12-30-19(27)23(3)4/h5-8,11,17H,9-10,12H2,1-4H3/t17-/m1/s1. The van der Waals surface area contributed by atoms with Crippen molar-refractivity contribution in [2.75, 3.05) is 41.3 Å². The average molecular weight is 470 g/mol. The molecule has 1 atom stereocenters. The number of benzene rings is 1. The monoisotopic (exact) mass is 469 g/mol. The van der Waals surface area contributed by atoms with Crippen molar-refractivity contribution in [3.63, 3.8) is 0 Å². The van der Waals surface area contributed by atoms with E-state index >= 15 is 0 Å². The van der Waals surface area contributed by atoms with Crippen molar-refractivity contribution >= 4 is 33.7 Å². The summed E-state index contributed by atoms with van der Waals surface area (Å²) >= 11 is 5.90. The minimum atomic E-state index is -3.93. The summed E-state index contributed by atoms with van der Waals surface area (Å²) in [6, 6.07) is 4.66. The van der Waals surface area contributed by atoms with Gasteiger partial charge in [0.05, 0.1) is 22.8 Å². The molecule has 0 aliphatic carbocycles. The Hall–Kier alpha value is -2.63. The molecule has 0 radical (unpaired) electrons. The van der Waals surface area contributed by atoms with Crippen LogP contribution in [0.5, 0.6) is 0 Å². The van der Waals surface area contributed by atoms with Crippen LogP contribution in [-0.4, -0.2) is 85.8 Å². The second-order valence-electron chi connectivity index (χ2n) is 7.44. The molecule has 0 fully saturated rings. The van der Waals surface area contributed by atoms with Gasteiger partial charge in [-0.05, 0) is 24.3 Å². The molecular weight excluding hydrogens is 446 g/mol. The Bertz CT molecular complexity index is 1080. The highest BCUT2D eigenvalue weighted by molar-refractivity contribution is 7.89. The molecule has 0 unspecified atom stereocenters. The molecule has 0 saturated heterocycles. The van der Waals surface area contributed by atoms with Gasteiger partial charge in [-0.3, -0.25) is 0 Å². The van der Waals surface area contributed by atoms with Crippen LogP contribution in [-0.2, 0) is 21.2 Å². The fraction of sp³-hybridized carbons (Fsp3) is 0.421. The Labute approximate surface area is 186 Å². The number of ether oxygens (including phenoxy) is 1. The minimum absolute atomic E-state index is 0.0704. The van der Waals surface area contributed by atoms with E-state index in [9.17, 15) is 18.0 Å². The smallest absolute Gasteiger partial charge is 0.409 e. The van der Waals surface area contributed by atoms with Gasteiger partial charge in [0.1, 0.15) is 6.61 Å². The van der Waals surface area contributed by atoms with Crippen LogP contribution < -0.4 is 0 Å². The molecule has 2 aromatic rings. The molecule has 2 amide bonds. The van der Waals surface area contributed by atoms with Gasteiger partial charge in [0, 0.05) is 51.7 Å². The Morgan fingerprint density at radius 1 is 1.16 bits per heavy atom. The summed E-state index contributed by atoms with van der Waals surface area (Å²) in [4.78, 5) is 27.2. The zero-order valence-corrected chi connectivity index (χ0v) is 19.2. The van der Waals surface area contributed by atoms with Gasteiger partial charge in [-0.25, -0.2) is 18.0 Å². The Morgan fingerprint density at radius 3 is 2.39 bits per heavy atom. The number of rotatable bonds is 4. The molecule has 1 aromatic carbocycles. The number of hydrogen-bond acceptors (Lipinski definition) is 6. The minimum Gasteiger partial charge on any atom is -0.447 e. The van der Waals surface area contributed by atoms with Gasteiger partial charge in [-0.2, -0.15) is 14.1 Å².